The van der Waals surface area contributed by atoms with Crippen LogP contribution in [0.1, 0.15) is 6.92 Å². The van der Waals surface area contributed by atoms with Crippen LogP contribution in [-0.4, -0.2) is 80.9 Å². The maximum atomic E-state index is 12.1. The zero-order valence-corrected chi connectivity index (χ0v) is 18.1. The number of carbonyl (C=O) groups excluding carboxylic acids is 2. The lowest BCUT2D eigenvalue weighted by molar-refractivity contribution is -0.160. The molecule has 0 saturated carbocycles. The molecular weight excluding hydrogens is 404 g/mol. The molecule has 166 valence electrons. The van der Waals surface area contributed by atoms with E-state index in [1.54, 1.807) is 40.5 Å². The van der Waals surface area contributed by atoms with Crippen molar-refractivity contribution >= 4 is 17.8 Å². The maximum Gasteiger partial charge on any atom is 0.397 e. The first-order chi connectivity index (χ1) is 15.0. The second kappa shape index (κ2) is 9.96. The second-order valence-corrected chi connectivity index (χ2v) is 6.66. The molecule has 3 rings (SSSR count). The Morgan fingerprint density at radius 1 is 1.00 bits per heavy atom. The molecule has 0 unspecified atom stereocenters. The van der Waals surface area contributed by atoms with Crippen molar-refractivity contribution in [1.82, 2.24) is 14.9 Å². The molecule has 0 bridgehead atoms. The number of aromatic nitrogens is 2. The molecule has 10 heteroatoms. The highest BCUT2D eigenvalue weighted by atomic mass is 16.5. The van der Waals surface area contributed by atoms with E-state index in [4.69, 9.17) is 18.9 Å². The number of rotatable bonds is 6. The van der Waals surface area contributed by atoms with Gasteiger partial charge in [-0.3, -0.25) is 4.79 Å². The van der Waals surface area contributed by atoms with Crippen LogP contribution in [-0.2, 0) is 14.3 Å². The van der Waals surface area contributed by atoms with E-state index in [1.165, 1.54) is 4.90 Å². The van der Waals surface area contributed by atoms with E-state index in [9.17, 15) is 9.59 Å². The Balaban J connectivity index is 1.78. The SMILES string of the molecule is CCOC(=O)C(=O)N1CCN(c2nccc(-c3cc(OC)c(OC)c(OC)c3)n2)CC1. The van der Waals surface area contributed by atoms with Gasteiger partial charge >= 0.3 is 11.9 Å². The zero-order valence-electron chi connectivity index (χ0n) is 18.1. The van der Waals surface area contributed by atoms with Crippen molar-refractivity contribution in [1.29, 1.82) is 0 Å². The number of ether oxygens (including phenoxy) is 4. The molecule has 1 amide bonds. The fourth-order valence-electron chi connectivity index (χ4n) is 3.32. The fraction of sp³-hybridized carbons (Fsp3) is 0.429. The van der Waals surface area contributed by atoms with Gasteiger partial charge in [0.25, 0.3) is 0 Å². The summed E-state index contributed by atoms with van der Waals surface area (Å²) in [6.45, 7) is 3.62. The molecule has 1 aliphatic rings. The Morgan fingerprint density at radius 2 is 1.65 bits per heavy atom. The number of nitrogens with zero attached hydrogens (tertiary/aromatic N) is 4. The number of methoxy groups -OCH3 is 3. The standard InChI is InChI=1S/C21H26N4O6/c1-5-31-20(27)19(26)24-8-10-25(11-9-24)21-22-7-6-15(23-21)14-12-16(28-2)18(30-4)17(13-14)29-3/h6-7,12-13H,5,8-11H2,1-4H3. The largest absolute Gasteiger partial charge is 0.493 e. The number of benzene rings is 1. The number of hydrogen-bond donors (Lipinski definition) is 0. The molecular formula is C21H26N4O6. The second-order valence-electron chi connectivity index (χ2n) is 6.66. The van der Waals surface area contributed by atoms with Gasteiger partial charge in [0.15, 0.2) is 11.5 Å². The van der Waals surface area contributed by atoms with E-state index in [0.29, 0.717) is 55.1 Å². The summed E-state index contributed by atoms with van der Waals surface area (Å²) in [5.74, 6) is 0.663. The number of esters is 1. The lowest BCUT2D eigenvalue weighted by Crippen LogP contribution is -2.51. The quantitative estimate of drug-likeness (QED) is 0.497. The minimum atomic E-state index is -0.823. The van der Waals surface area contributed by atoms with E-state index < -0.39 is 11.9 Å². The van der Waals surface area contributed by atoms with Crippen molar-refractivity contribution in [2.75, 3.05) is 59.0 Å². The number of amides is 1. The third kappa shape index (κ3) is 4.79. The number of piperazine rings is 1. The van der Waals surface area contributed by atoms with Gasteiger partial charge in [0.1, 0.15) is 0 Å². The van der Waals surface area contributed by atoms with E-state index >= 15 is 0 Å². The molecule has 0 spiro atoms. The zero-order chi connectivity index (χ0) is 22.4. The summed E-state index contributed by atoms with van der Waals surface area (Å²) in [5, 5.41) is 0. The van der Waals surface area contributed by atoms with Gasteiger partial charge in [0.2, 0.25) is 11.7 Å². The van der Waals surface area contributed by atoms with E-state index in [2.05, 4.69) is 9.97 Å². The third-order valence-electron chi connectivity index (χ3n) is 4.90. The summed E-state index contributed by atoms with van der Waals surface area (Å²) in [6.07, 6.45) is 1.68. The summed E-state index contributed by atoms with van der Waals surface area (Å²) < 4.78 is 21.0. The topological polar surface area (TPSA) is 103 Å². The molecule has 1 aromatic heterocycles. The molecule has 2 heterocycles. The average Bonchev–Trinajstić information content (AvgIpc) is 2.82. The van der Waals surface area contributed by atoms with Crippen molar-refractivity contribution in [2.24, 2.45) is 0 Å². The predicted molar refractivity (Wildman–Crippen MR) is 113 cm³/mol. The average molecular weight is 430 g/mol. The van der Waals surface area contributed by atoms with Gasteiger partial charge in [0, 0.05) is 37.9 Å². The fourth-order valence-corrected chi connectivity index (χ4v) is 3.32. The third-order valence-corrected chi connectivity index (χ3v) is 4.90. The van der Waals surface area contributed by atoms with Crippen LogP contribution in [0.15, 0.2) is 24.4 Å². The molecule has 0 radical (unpaired) electrons. The van der Waals surface area contributed by atoms with Crippen LogP contribution in [0.4, 0.5) is 5.95 Å². The summed E-state index contributed by atoms with van der Waals surface area (Å²) in [7, 11) is 4.67. The molecule has 2 aromatic rings. The number of hydrogen-bond acceptors (Lipinski definition) is 9. The van der Waals surface area contributed by atoms with Crippen LogP contribution in [0.25, 0.3) is 11.3 Å². The van der Waals surface area contributed by atoms with Crippen LogP contribution in [0.3, 0.4) is 0 Å². The van der Waals surface area contributed by atoms with Crippen molar-refractivity contribution in [2.45, 2.75) is 6.92 Å². The van der Waals surface area contributed by atoms with Crippen molar-refractivity contribution in [3.63, 3.8) is 0 Å². The molecule has 31 heavy (non-hydrogen) atoms. The molecule has 0 atom stereocenters. The monoisotopic (exact) mass is 430 g/mol. The van der Waals surface area contributed by atoms with Crippen molar-refractivity contribution < 1.29 is 28.5 Å². The van der Waals surface area contributed by atoms with Gasteiger partial charge in [0.05, 0.1) is 33.6 Å². The Morgan fingerprint density at radius 3 is 2.19 bits per heavy atom. The normalized spacial score (nSPS) is 13.5. The smallest absolute Gasteiger partial charge is 0.397 e. The summed E-state index contributed by atoms with van der Waals surface area (Å²) >= 11 is 0. The Hall–Kier alpha value is -3.56. The lowest BCUT2D eigenvalue weighted by Gasteiger charge is -2.34. The molecule has 10 nitrogen and oxygen atoms in total. The number of anilines is 1. The van der Waals surface area contributed by atoms with Gasteiger partial charge in [-0.15, -0.1) is 0 Å². The maximum absolute atomic E-state index is 12.1. The van der Waals surface area contributed by atoms with Crippen molar-refractivity contribution in [3.8, 4) is 28.5 Å². The molecule has 0 aliphatic carbocycles. The molecule has 1 aliphatic heterocycles. The highest BCUT2D eigenvalue weighted by molar-refractivity contribution is 6.32. The highest BCUT2D eigenvalue weighted by Gasteiger charge is 2.28. The van der Waals surface area contributed by atoms with Gasteiger partial charge in [-0.05, 0) is 25.1 Å². The Kier molecular flexibility index (Phi) is 7.11. The summed E-state index contributed by atoms with van der Waals surface area (Å²) in [4.78, 5) is 36.3. The van der Waals surface area contributed by atoms with E-state index in [-0.39, 0.29) is 6.61 Å². The van der Waals surface area contributed by atoms with Crippen LogP contribution in [0.2, 0.25) is 0 Å². The number of carbonyl (C=O) groups is 2. The van der Waals surface area contributed by atoms with Gasteiger partial charge in [-0.1, -0.05) is 0 Å². The minimum absolute atomic E-state index is 0.173. The molecule has 1 saturated heterocycles. The van der Waals surface area contributed by atoms with Gasteiger partial charge < -0.3 is 28.7 Å². The highest BCUT2D eigenvalue weighted by Crippen LogP contribution is 2.40. The lowest BCUT2D eigenvalue weighted by atomic mass is 10.1. The molecule has 1 fully saturated rings. The van der Waals surface area contributed by atoms with Crippen LogP contribution < -0.4 is 19.1 Å². The summed E-state index contributed by atoms with van der Waals surface area (Å²) in [5.41, 5.74) is 1.48. The first-order valence-corrected chi connectivity index (χ1v) is 9.86. The Bertz CT molecular complexity index is 918. The minimum Gasteiger partial charge on any atom is -0.493 e. The van der Waals surface area contributed by atoms with Crippen LogP contribution in [0, 0.1) is 0 Å². The van der Waals surface area contributed by atoms with E-state index in [0.717, 1.165) is 5.56 Å². The predicted octanol–water partition coefficient (Wildman–Crippen LogP) is 1.38. The van der Waals surface area contributed by atoms with Crippen LogP contribution >= 0.6 is 0 Å². The first-order valence-electron chi connectivity index (χ1n) is 9.86. The molecule has 0 N–H and O–H groups in total. The van der Waals surface area contributed by atoms with E-state index in [1.807, 2.05) is 17.0 Å². The molecule has 1 aromatic carbocycles. The summed E-state index contributed by atoms with van der Waals surface area (Å²) in [6, 6.07) is 5.44. The van der Waals surface area contributed by atoms with Crippen molar-refractivity contribution in [3.05, 3.63) is 24.4 Å². The Labute approximate surface area is 180 Å². The van der Waals surface area contributed by atoms with Crippen LogP contribution in [0.5, 0.6) is 17.2 Å². The first kappa shape index (κ1) is 22.1. The van der Waals surface area contributed by atoms with Gasteiger partial charge in [-0.25, -0.2) is 14.8 Å². The van der Waals surface area contributed by atoms with Gasteiger partial charge in [-0.2, -0.15) is 0 Å².